The molecule has 0 aromatic heterocycles. The van der Waals surface area contributed by atoms with Gasteiger partial charge in [-0.2, -0.15) is 0 Å². The Kier molecular flexibility index (Phi) is 2.92. The molecule has 0 aromatic rings. The van der Waals surface area contributed by atoms with E-state index < -0.39 is 0 Å². The first-order valence-electron chi connectivity index (χ1n) is 6.52. The van der Waals surface area contributed by atoms with Crippen LogP contribution in [0.2, 0.25) is 0 Å². The van der Waals surface area contributed by atoms with Crippen LogP contribution in [0.1, 0.15) is 59.3 Å². The summed E-state index contributed by atoms with van der Waals surface area (Å²) in [7, 11) is 0. The molecule has 2 rings (SSSR count). The lowest BCUT2D eigenvalue weighted by Crippen LogP contribution is -2.29. The molecule has 0 saturated heterocycles. The van der Waals surface area contributed by atoms with Gasteiger partial charge in [-0.15, -0.1) is 0 Å². The Morgan fingerprint density at radius 1 is 0.867 bits per heavy atom. The van der Waals surface area contributed by atoms with E-state index in [4.69, 9.17) is 0 Å². The molecule has 0 atom stereocenters. The van der Waals surface area contributed by atoms with Gasteiger partial charge in [0.15, 0.2) is 0 Å². The first kappa shape index (κ1) is 11.2. The zero-order chi connectivity index (χ0) is 11.1. The minimum atomic E-state index is 0.427. The van der Waals surface area contributed by atoms with E-state index in [1.807, 2.05) is 0 Å². The van der Waals surface area contributed by atoms with Crippen molar-refractivity contribution in [1.82, 2.24) is 0 Å². The molecule has 86 valence electrons. The van der Waals surface area contributed by atoms with Gasteiger partial charge in [-0.3, -0.25) is 4.79 Å². The summed E-state index contributed by atoms with van der Waals surface area (Å²) in [6.45, 7) is 7.00. The van der Waals surface area contributed by atoms with E-state index in [2.05, 4.69) is 20.8 Å². The maximum Gasteiger partial charge on any atom is 0.139 e. The molecular formula is C14H24O. The molecule has 0 aromatic carbocycles. The minimum Gasteiger partial charge on any atom is -0.299 e. The van der Waals surface area contributed by atoms with Crippen LogP contribution in [0.25, 0.3) is 0 Å². The average molecular weight is 208 g/mol. The van der Waals surface area contributed by atoms with Gasteiger partial charge in [0.05, 0.1) is 0 Å². The van der Waals surface area contributed by atoms with Crippen molar-refractivity contribution in [3.05, 3.63) is 0 Å². The van der Waals surface area contributed by atoms with E-state index in [0.29, 0.717) is 23.0 Å². The molecule has 0 unspecified atom stereocenters. The highest BCUT2D eigenvalue weighted by molar-refractivity contribution is 5.85. The quantitative estimate of drug-likeness (QED) is 0.674. The molecule has 0 amide bonds. The molecule has 0 heterocycles. The molecule has 1 heteroatoms. The van der Waals surface area contributed by atoms with Crippen LogP contribution >= 0.6 is 0 Å². The summed E-state index contributed by atoms with van der Waals surface area (Å²) >= 11 is 0. The second kappa shape index (κ2) is 3.92. The Bertz CT molecular complexity index is 237. The van der Waals surface area contributed by atoms with Crippen molar-refractivity contribution < 1.29 is 4.79 Å². The van der Waals surface area contributed by atoms with E-state index in [1.165, 1.54) is 25.7 Å². The molecule has 0 aliphatic heterocycles. The largest absolute Gasteiger partial charge is 0.299 e. The maximum absolute atomic E-state index is 11.9. The maximum atomic E-state index is 11.9. The number of hydrogen-bond donors (Lipinski definition) is 0. The van der Waals surface area contributed by atoms with Crippen LogP contribution in [0, 0.1) is 23.2 Å². The van der Waals surface area contributed by atoms with E-state index in [-0.39, 0.29) is 0 Å². The molecule has 2 aliphatic rings. The molecule has 15 heavy (non-hydrogen) atoms. The van der Waals surface area contributed by atoms with Crippen molar-refractivity contribution in [2.75, 3.05) is 0 Å². The van der Waals surface area contributed by atoms with Crippen molar-refractivity contribution >= 4 is 5.78 Å². The number of rotatable bonds is 2. The highest BCUT2D eigenvalue weighted by atomic mass is 16.1. The molecule has 0 spiro atoms. The van der Waals surface area contributed by atoms with Crippen LogP contribution in [0.4, 0.5) is 0 Å². The summed E-state index contributed by atoms with van der Waals surface area (Å²) in [5.41, 5.74) is 0.438. The summed E-state index contributed by atoms with van der Waals surface area (Å²) in [5, 5.41) is 0. The predicted molar refractivity (Wildman–Crippen MR) is 62.6 cm³/mol. The van der Waals surface area contributed by atoms with Crippen LogP contribution in [0.5, 0.6) is 0 Å². The summed E-state index contributed by atoms with van der Waals surface area (Å²) in [4.78, 5) is 11.9. The Balaban J connectivity index is 1.83. The Labute approximate surface area is 93.6 Å². The fourth-order valence-corrected chi connectivity index (χ4v) is 2.95. The topological polar surface area (TPSA) is 17.1 Å². The van der Waals surface area contributed by atoms with Gasteiger partial charge in [0.1, 0.15) is 5.78 Å². The highest BCUT2D eigenvalue weighted by Crippen LogP contribution is 2.43. The lowest BCUT2D eigenvalue weighted by molar-refractivity contribution is -0.125. The van der Waals surface area contributed by atoms with Crippen molar-refractivity contribution in [3.8, 4) is 0 Å². The molecule has 0 radical (unpaired) electrons. The molecule has 2 fully saturated rings. The standard InChI is InChI=1S/C14H24O/c1-14(2,3)12-8-6-11(7-9-12)13(15)10-4-5-10/h10-12H,4-9H2,1-3H3. The predicted octanol–water partition coefficient (Wildman–Crippen LogP) is 3.82. The monoisotopic (exact) mass is 208 g/mol. The van der Waals surface area contributed by atoms with Crippen molar-refractivity contribution in [2.24, 2.45) is 23.2 Å². The van der Waals surface area contributed by atoms with Crippen molar-refractivity contribution in [1.29, 1.82) is 0 Å². The Morgan fingerprint density at radius 3 is 1.60 bits per heavy atom. The zero-order valence-corrected chi connectivity index (χ0v) is 10.4. The van der Waals surface area contributed by atoms with Gasteiger partial charge < -0.3 is 0 Å². The highest BCUT2D eigenvalue weighted by Gasteiger charge is 2.38. The van der Waals surface area contributed by atoms with E-state index >= 15 is 0 Å². The van der Waals surface area contributed by atoms with Gasteiger partial charge in [-0.05, 0) is 49.9 Å². The summed E-state index contributed by atoms with van der Waals surface area (Å²) in [6, 6.07) is 0. The summed E-state index contributed by atoms with van der Waals surface area (Å²) < 4.78 is 0. The normalized spacial score (nSPS) is 32.7. The number of hydrogen-bond acceptors (Lipinski definition) is 1. The van der Waals surface area contributed by atoms with Crippen LogP contribution in [-0.4, -0.2) is 5.78 Å². The van der Waals surface area contributed by atoms with E-state index in [9.17, 15) is 4.79 Å². The lowest BCUT2D eigenvalue weighted by atomic mass is 9.69. The lowest BCUT2D eigenvalue weighted by Gasteiger charge is -2.36. The molecule has 2 saturated carbocycles. The third kappa shape index (κ3) is 2.62. The third-order valence-electron chi connectivity index (χ3n) is 4.33. The van der Waals surface area contributed by atoms with Gasteiger partial charge >= 0.3 is 0 Å². The Morgan fingerprint density at radius 2 is 1.27 bits per heavy atom. The fourth-order valence-electron chi connectivity index (χ4n) is 2.95. The molecule has 0 N–H and O–H groups in total. The second-order valence-electron chi connectivity index (χ2n) is 6.59. The average Bonchev–Trinajstić information content (AvgIpc) is 2.99. The van der Waals surface area contributed by atoms with Gasteiger partial charge in [0.25, 0.3) is 0 Å². The molecular weight excluding hydrogens is 184 g/mol. The van der Waals surface area contributed by atoms with Crippen molar-refractivity contribution in [2.45, 2.75) is 59.3 Å². The van der Waals surface area contributed by atoms with Gasteiger partial charge in [0.2, 0.25) is 0 Å². The summed E-state index contributed by atoms with van der Waals surface area (Å²) in [5.74, 6) is 2.33. The van der Waals surface area contributed by atoms with Crippen LogP contribution in [0.15, 0.2) is 0 Å². The molecule has 0 bridgehead atoms. The second-order valence-corrected chi connectivity index (χ2v) is 6.59. The van der Waals surface area contributed by atoms with Gasteiger partial charge in [-0.25, -0.2) is 0 Å². The molecule has 1 nitrogen and oxygen atoms in total. The molecule has 2 aliphatic carbocycles. The zero-order valence-electron chi connectivity index (χ0n) is 10.4. The number of carbonyl (C=O) groups excluding carboxylic acids is 1. The third-order valence-corrected chi connectivity index (χ3v) is 4.33. The van der Waals surface area contributed by atoms with Crippen LogP contribution in [0.3, 0.4) is 0 Å². The first-order valence-corrected chi connectivity index (χ1v) is 6.52. The number of carbonyl (C=O) groups is 1. The van der Waals surface area contributed by atoms with Crippen LogP contribution < -0.4 is 0 Å². The van der Waals surface area contributed by atoms with E-state index in [1.54, 1.807) is 0 Å². The van der Waals surface area contributed by atoms with Crippen molar-refractivity contribution in [3.63, 3.8) is 0 Å². The van der Waals surface area contributed by atoms with E-state index in [0.717, 1.165) is 18.8 Å². The minimum absolute atomic E-state index is 0.427. The Hall–Kier alpha value is -0.330. The van der Waals surface area contributed by atoms with Crippen LogP contribution in [-0.2, 0) is 4.79 Å². The summed E-state index contributed by atoms with van der Waals surface area (Å²) in [6.07, 6.45) is 7.23. The van der Waals surface area contributed by atoms with Gasteiger partial charge in [-0.1, -0.05) is 20.8 Å². The number of Topliss-reactive ketones (excluding diaryl/α,β-unsaturated/α-hetero) is 1. The smallest absolute Gasteiger partial charge is 0.139 e. The fraction of sp³-hybridized carbons (Fsp3) is 0.929. The first-order chi connectivity index (χ1) is 6.98. The number of ketones is 1. The SMILES string of the molecule is CC(C)(C)C1CCC(C(=O)C2CC2)CC1. The van der Waals surface area contributed by atoms with Gasteiger partial charge in [0, 0.05) is 11.8 Å².